The molecule has 6 rings (SSSR count). The third-order valence-electron chi connectivity index (χ3n) is 7.55. The van der Waals surface area contributed by atoms with Crippen molar-refractivity contribution in [3.8, 4) is 28.3 Å². The molecule has 1 amide bonds. The van der Waals surface area contributed by atoms with Gasteiger partial charge in [-0.25, -0.2) is 9.83 Å². The molecule has 2 atom stereocenters. The fraction of sp³-hybridized carbons (Fsp3) is 0.276. The summed E-state index contributed by atoms with van der Waals surface area (Å²) in [4.78, 5) is 23.4. The van der Waals surface area contributed by atoms with Crippen molar-refractivity contribution in [1.29, 1.82) is 0 Å². The van der Waals surface area contributed by atoms with Gasteiger partial charge in [0.05, 0.1) is 18.0 Å². The van der Waals surface area contributed by atoms with E-state index in [1.54, 1.807) is 0 Å². The first-order chi connectivity index (χ1) is 17.5. The Hall–Kier alpha value is -4.15. The van der Waals surface area contributed by atoms with Gasteiger partial charge in [-0.1, -0.05) is 24.3 Å². The first-order valence-corrected chi connectivity index (χ1v) is 12.3. The summed E-state index contributed by atoms with van der Waals surface area (Å²) in [5.41, 5.74) is 6.84. The Bertz CT molecular complexity index is 1490. The van der Waals surface area contributed by atoms with Crippen LogP contribution < -0.4 is 5.32 Å². The number of nitrogens with zero attached hydrogens (tertiary/aromatic N) is 5. The average Bonchev–Trinajstić information content (AvgIpc) is 3.63. The molecule has 2 aliphatic rings. The van der Waals surface area contributed by atoms with E-state index in [1.807, 2.05) is 42.7 Å². The smallest absolute Gasteiger partial charge is 0.227 e. The standard InChI is InChI=1S/C29H28N6O/c1-30-23-7-4-19(5-8-23)21-16-27-28-31-12-13-35(28)26-11-9-24(14-22(26)18-34(27)17-21)32-29(36)20-6-10-25(15-20)33(2)3/h4-5,7-9,11-14,16-17,20,25H,6,10,15,18H2,2-3H3,(H,32,36). The van der Waals surface area contributed by atoms with Gasteiger partial charge in [-0.15, -0.1) is 0 Å². The average molecular weight is 477 g/mol. The minimum Gasteiger partial charge on any atom is -0.340 e. The highest BCUT2D eigenvalue weighted by molar-refractivity contribution is 5.93. The Morgan fingerprint density at radius 1 is 1.11 bits per heavy atom. The number of benzene rings is 2. The number of aromatic nitrogens is 3. The van der Waals surface area contributed by atoms with E-state index in [0.29, 0.717) is 18.3 Å². The van der Waals surface area contributed by atoms with Crippen LogP contribution in [0.2, 0.25) is 0 Å². The molecule has 1 N–H and O–H groups in total. The number of amides is 1. The summed E-state index contributed by atoms with van der Waals surface area (Å²) in [5.74, 6) is 1.06. The molecule has 0 spiro atoms. The van der Waals surface area contributed by atoms with E-state index in [4.69, 9.17) is 6.57 Å². The molecule has 3 heterocycles. The molecule has 2 unspecified atom stereocenters. The van der Waals surface area contributed by atoms with Crippen molar-refractivity contribution >= 4 is 17.3 Å². The maximum Gasteiger partial charge on any atom is 0.227 e. The molecule has 0 radical (unpaired) electrons. The second-order valence-corrected chi connectivity index (χ2v) is 9.98. The number of carbonyl (C=O) groups is 1. The van der Waals surface area contributed by atoms with Gasteiger partial charge in [0.2, 0.25) is 5.91 Å². The van der Waals surface area contributed by atoms with Crippen molar-refractivity contribution in [2.75, 3.05) is 19.4 Å². The second kappa shape index (κ2) is 8.81. The van der Waals surface area contributed by atoms with Gasteiger partial charge in [-0.2, -0.15) is 0 Å². The zero-order valence-corrected chi connectivity index (χ0v) is 20.5. The lowest BCUT2D eigenvalue weighted by atomic mass is 10.1. The molecular weight excluding hydrogens is 448 g/mol. The third kappa shape index (κ3) is 3.90. The van der Waals surface area contributed by atoms with E-state index < -0.39 is 0 Å². The minimum absolute atomic E-state index is 0.0595. The maximum absolute atomic E-state index is 13.0. The quantitative estimate of drug-likeness (QED) is 0.344. The highest BCUT2D eigenvalue weighted by atomic mass is 16.1. The van der Waals surface area contributed by atoms with Crippen molar-refractivity contribution < 1.29 is 4.79 Å². The Balaban J connectivity index is 1.31. The molecular formula is C29H28N6O. The molecule has 1 fully saturated rings. The SMILES string of the molecule is [C-]#[N+]c1ccc(-c2cc3n(c2)Cc2cc(NC(=O)C4CCC(N(C)C)C4)ccc2-n2ccnc2-3)cc1. The van der Waals surface area contributed by atoms with Crippen molar-refractivity contribution in [2.24, 2.45) is 5.92 Å². The Kier molecular flexibility index (Phi) is 5.46. The minimum atomic E-state index is 0.0595. The number of fused-ring (bicyclic) bond motifs is 5. The van der Waals surface area contributed by atoms with Crippen LogP contribution in [-0.2, 0) is 11.3 Å². The monoisotopic (exact) mass is 476 g/mol. The van der Waals surface area contributed by atoms with Crippen LogP contribution in [0.25, 0.3) is 33.2 Å². The zero-order valence-electron chi connectivity index (χ0n) is 20.5. The van der Waals surface area contributed by atoms with E-state index in [-0.39, 0.29) is 11.8 Å². The normalized spacial score (nSPS) is 18.2. The summed E-state index contributed by atoms with van der Waals surface area (Å²) in [7, 11) is 4.18. The van der Waals surface area contributed by atoms with E-state index in [0.717, 1.165) is 58.8 Å². The summed E-state index contributed by atoms with van der Waals surface area (Å²) in [6, 6.07) is 16.5. The van der Waals surface area contributed by atoms with E-state index in [1.165, 1.54) is 0 Å². The molecule has 1 aliphatic heterocycles. The first-order valence-electron chi connectivity index (χ1n) is 12.3. The van der Waals surface area contributed by atoms with Crippen LogP contribution in [0.5, 0.6) is 0 Å². The molecule has 2 aromatic carbocycles. The fourth-order valence-electron chi connectivity index (χ4n) is 5.52. The lowest BCUT2D eigenvalue weighted by Gasteiger charge is -2.19. The summed E-state index contributed by atoms with van der Waals surface area (Å²) < 4.78 is 4.33. The van der Waals surface area contributed by atoms with E-state index in [2.05, 4.69) is 67.7 Å². The van der Waals surface area contributed by atoms with Gasteiger partial charge in [-0.3, -0.25) is 9.36 Å². The van der Waals surface area contributed by atoms with Gasteiger partial charge in [0.1, 0.15) is 0 Å². The van der Waals surface area contributed by atoms with Crippen molar-refractivity contribution in [1.82, 2.24) is 19.0 Å². The zero-order chi connectivity index (χ0) is 24.8. The lowest BCUT2D eigenvalue weighted by molar-refractivity contribution is -0.119. The van der Waals surface area contributed by atoms with Crippen LogP contribution in [0.1, 0.15) is 24.8 Å². The lowest BCUT2D eigenvalue weighted by Crippen LogP contribution is -2.27. The number of anilines is 1. The molecule has 180 valence electrons. The number of rotatable bonds is 4. The number of hydrogen-bond donors (Lipinski definition) is 1. The van der Waals surface area contributed by atoms with Crippen LogP contribution in [0, 0.1) is 12.5 Å². The van der Waals surface area contributed by atoms with Gasteiger partial charge in [0.25, 0.3) is 0 Å². The molecule has 36 heavy (non-hydrogen) atoms. The molecule has 7 heteroatoms. The maximum atomic E-state index is 13.0. The molecule has 1 saturated carbocycles. The van der Waals surface area contributed by atoms with Crippen LogP contribution in [-0.4, -0.2) is 45.1 Å². The summed E-state index contributed by atoms with van der Waals surface area (Å²) in [5, 5.41) is 3.18. The van der Waals surface area contributed by atoms with Gasteiger partial charge in [-0.05, 0) is 68.8 Å². The van der Waals surface area contributed by atoms with Crippen LogP contribution >= 0.6 is 0 Å². The van der Waals surface area contributed by atoms with Crippen molar-refractivity contribution in [3.63, 3.8) is 0 Å². The summed E-state index contributed by atoms with van der Waals surface area (Å²) >= 11 is 0. The Morgan fingerprint density at radius 2 is 1.94 bits per heavy atom. The second-order valence-electron chi connectivity index (χ2n) is 9.98. The van der Waals surface area contributed by atoms with Gasteiger partial charge < -0.3 is 14.8 Å². The highest BCUT2D eigenvalue weighted by Crippen LogP contribution is 2.35. The van der Waals surface area contributed by atoms with Gasteiger partial charge >= 0.3 is 0 Å². The summed E-state index contributed by atoms with van der Waals surface area (Å²) in [6.07, 6.45) is 8.86. The van der Waals surface area contributed by atoms with Gasteiger partial charge in [0.15, 0.2) is 11.5 Å². The highest BCUT2D eigenvalue weighted by Gasteiger charge is 2.31. The molecule has 1 aliphatic carbocycles. The molecule has 7 nitrogen and oxygen atoms in total. The van der Waals surface area contributed by atoms with Crippen LogP contribution in [0.4, 0.5) is 11.4 Å². The Labute approximate surface area is 210 Å². The predicted octanol–water partition coefficient (Wildman–Crippen LogP) is 5.59. The van der Waals surface area contributed by atoms with E-state index >= 15 is 0 Å². The molecule has 0 bridgehead atoms. The van der Waals surface area contributed by atoms with Crippen molar-refractivity contribution in [3.05, 3.63) is 84.1 Å². The van der Waals surface area contributed by atoms with Crippen molar-refractivity contribution in [2.45, 2.75) is 31.8 Å². The number of imidazole rings is 1. The molecule has 0 saturated heterocycles. The third-order valence-corrected chi connectivity index (χ3v) is 7.55. The largest absolute Gasteiger partial charge is 0.340 e. The summed E-state index contributed by atoms with van der Waals surface area (Å²) in [6.45, 7) is 7.87. The fourth-order valence-corrected chi connectivity index (χ4v) is 5.52. The van der Waals surface area contributed by atoms with Crippen LogP contribution in [0.15, 0.2) is 67.1 Å². The molecule has 4 aromatic rings. The van der Waals surface area contributed by atoms with Gasteiger partial charge in [0, 0.05) is 48.3 Å². The predicted molar refractivity (Wildman–Crippen MR) is 141 cm³/mol. The number of nitrogens with one attached hydrogen (secondary N) is 1. The van der Waals surface area contributed by atoms with E-state index in [9.17, 15) is 4.79 Å². The number of carbonyl (C=O) groups excluding carboxylic acids is 1. The van der Waals surface area contributed by atoms with Crippen LogP contribution in [0.3, 0.4) is 0 Å². The topological polar surface area (TPSA) is 59.5 Å². The number of hydrogen-bond acceptors (Lipinski definition) is 3. The Morgan fingerprint density at radius 3 is 2.69 bits per heavy atom. The molecule has 2 aromatic heterocycles. The first kappa shape index (κ1) is 22.3.